The van der Waals surface area contributed by atoms with E-state index in [2.05, 4.69) is 20.5 Å². The zero-order valence-electron chi connectivity index (χ0n) is 16.7. The van der Waals surface area contributed by atoms with E-state index in [-0.39, 0.29) is 11.9 Å². The molecule has 1 aromatic rings. The molecular formula is C20H32ClN5O. The Balaban J connectivity index is 1.79. The molecule has 1 unspecified atom stereocenters. The van der Waals surface area contributed by atoms with E-state index >= 15 is 0 Å². The summed E-state index contributed by atoms with van der Waals surface area (Å²) >= 11 is 6.20. The number of nitrogens with one attached hydrogen (secondary N) is 2. The standard InChI is InChI=1S/C20H32ClN5O/c1-4-22-20(24-15-16-9-5-6-10-17(16)21)23-12-8-14-26-13-7-11-18(26)19(27)25(2)3/h5-6,9-10,18H,4,7-8,11-15H2,1-3H3,(H2,22,23,24). The highest BCUT2D eigenvalue weighted by Gasteiger charge is 2.30. The van der Waals surface area contributed by atoms with Crippen LogP contribution in [-0.2, 0) is 11.3 Å². The molecule has 1 amide bonds. The summed E-state index contributed by atoms with van der Waals surface area (Å²) in [4.78, 5) is 20.9. The number of carbonyl (C=O) groups excluding carboxylic acids is 1. The van der Waals surface area contributed by atoms with Crippen LogP contribution in [-0.4, -0.2) is 68.0 Å². The largest absolute Gasteiger partial charge is 0.357 e. The average Bonchev–Trinajstić information content (AvgIpc) is 3.11. The molecule has 150 valence electrons. The van der Waals surface area contributed by atoms with Gasteiger partial charge in [0, 0.05) is 38.8 Å². The molecule has 7 heteroatoms. The Morgan fingerprint density at radius 1 is 1.33 bits per heavy atom. The second-order valence-electron chi connectivity index (χ2n) is 6.99. The Bertz CT molecular complexity index is 635. The SMILES string of the molecule is CCNC(=NCc1ccccc1Cl)NCCCN1CCCC1C(=O)N(C)C. The first-order valence-electron chi connectivity index (χ1n) is 9.73. The fourth-order valence-corrected chi connectivity index (χ4v) is 3.49. The topological polar surface area (TPSA) is 60.0 Å². The molecular weight excluding hydrogens is 362 g/mol. The number of carbonyl (C=O) groups is 1. The van der Waals surface area contributed by atoms with Crippen LogP contribution >= 0.6 is 11.6 Å². The van der Waals surface area contributed by atoms with E-state index < -0.39 is 0 Å². The van der Waals surface area contributed by atoms with Gasteiger partial charge in [0.25, 0.3) is 0 Å². The number of benzene rings is 1. The highest BCUT2D eigenvalue weighted by atomic mass is 35.5. The maximum Gasteiger partial charge on any atom is 0.239 e. The van der Waals surface area contributed by atoms with Crippen molar-refractivity contribution in [3.8, 4) is 0 Å². The summed E-state index contributed by atoms with van der Waals surface area (Å²) in [6.45, 7) is 6.13. The molecule has 1 aliphatic heterocycles. The van der Waals surface area contributed by atoms with E-state index in [1.165, 1.54) is 0 Å². The van der Waals surface area contributed by atoms with E-state index in [9.17, 15) is 4.79 Å². The van der Waals surface area contributed by atoms with Gasteiger partial charge in [-0.25, -0.2) is 4.99 Å². The second-order valence-corrected chi connectivity index (χ2v) is 7.40. The maximum atomic E-state index is 12.3. The van der Waals surface area contributed by atoms with Gasteiger partial charge in [-0.2, -0.15) is 0 Å². The number of likely N-dealkylation sites (tertiary alicyclic amines) is 1. The molecule has 1 saturated heterocycles. The first-order chi connectivity index (χ1) is 13.0. The van der Waals surface area contributed by atoms with Crippen LogP contribution in [0.4, 0.5) is 0 Å². The van der Waals surface area contributed by atoms with E-state index in [1.54, 1.807) is 4.90 Å². The molecule has 0 bridgehead atoms. The molecule has 1 aromatic carbocycles. The zero-order chi connectivity index (χ0) is 19.6. The molecule has 6 nitrogen and oxygen atoms in total. The van der Waals surface area contributed by atoms with Gasteiger partial charge in [-0.15, -0.1) is 0 Å². The molecule has 2 rings (SSSR count). The Morgan fingerprint density at radius 3 is 2.81 bits per heavy atom. The van der Waals surface area contributed by atoms with Crippen molar-refractivity contribution < 1.29 is 4.79 Å². The Morgan fingerprint density at radius 2 is 2.11 bits per heavy atom. The van der Waals surface area contributed by atoms with Gasteiger partial charge >= 0.3 is 0 Å². The van der Waals surface area contributed by atoms with Gasteiger partial charge in [-0.1, -0.05) is 29.8 Å². The number of nitrogens with zero attached hydrogens (tertiary/aromatic N) is 3. The third kappa shape index (κ3) is 6.70. The van der Waals surface area contributed by atoms with Crippen molar-refractivity contribution in [1.82, 2.24) is 20.4 Å². The fourth-order valence-electron chi connectivity index (χ4n) is 3.29. The molecule has 0 spiro atoms. The van der Waals surface area contributed by atoms with Crippen molar-refractivity contribution in [2.45, 2.75) is 38.8 Å². The lowest BCUT2D eigenvalue weighted by Gasteiger charge is -2.26. The fraction of sp³-hybridized carbons (Fsp3) is 0.600. The minimum atomic E-state index is 0.0436. The van der Waals surface area contributed by atoms with Crippen molar-refractivity contribution >= 4 is 23.5 Å². The van der Waals surface area contributed by atoms with Crippen molar-refractivity contribution in [3.05, 3.63) is 34.9 Å². The Kier molecular flexibility index (Phi) is 8.88. The number of hydrogen-bond acceptors (Lipinski definition) is 3. The van der Waals surface area contributed by atoms with Crippen molar-refractivity contribution in [1.29, 1.82) is 0 Å². The summed E-state index contributed by atoms with van der Waals surface area (Å²) in [5.41, 5.74) is 1.01. The van der Waals surface area contributed by atoms with Gasteiger partial charge in [-0.05, 0) is 44.4 Å². The van der Waals surface area contributed by atoms with E-state index in [4.69, 9.17) is 11.6 Å². The molecule has 0 saturated carbocycles. The van der Waals surface area contributed by atoms with Gasteiger partial charge in [0.05, 0.1) is 12.6 Å². The third-order valence-electron chi connectivity index (χ3n) is 4.71. The van der Waals surface area contributed by atoms with Crippen LogP contribution in [0.2, 0.25) is 5.02 Å². The van der Waals surface area contributed by atoms with Crippen LogP contribution in [0, 0.1) is 0 Å². The van der Waals surface area contributed by atoms with Crippen LogP contribution in [0.5, 0.6) is 0 Å². The van der Waals surface area contributed by atoms with Crippen LogP contribution in [0.25, 0.3) is 0 Å². The smallest absolute Gasteiger partial charge is 0.239 e. The molecule has 1 fully saturated rings. The van der Waals surface area contributed by atoms with E-state index in [1.807, 2.05) is 45.3 Å². The molecule has 1 atom stereocenters. The molecule has 2 N–H and O–H groups in total. The summed E-state index contributed by atoms with van der Waals surface area (Å²) in [5.74, 6) is 1.01. The summed E-state index contributed by atoms with van der Waals surface area (Å²) in [7, 11) is 3.66. The lowest BCUT2D eigenvalue weighted by Crippen LogP contribution is -2.44. The van der Waals surface area contributed by atoms with Crippen molar-refractivity contribution in [3.63, 3.8) is 0 Å². The molecule has 0 aromatic heterocycles. The molecule has 27 heavy (non-hydrogen) atoms. The lowest BCUT2D eigenvalue weighted by atomic mass is 10.2. The predicted molar refractivity (Wildman–Crippen MR) is 112 cm³/mol. The van der Waals surface area contributed by atoms with Crippen LogP contribution in [0.3, 0.4) is 0 Å². The van der Waals surface area contributed by atoms with Gasteiger partial charge in [0.15, 0.2) is 5.96 Å². The normalized spacial score (nSPS) is 17.8. The number of amides is 1. The van der Waals surface area contributed by atoms with Crippen molar-refractivity contribution in [2.75, 3.05) is 40.3 Å². The molecule has 0 radical (unpaired) electrons. The minimum absolute atomic E-state index is 0.0436. The highest BCUT2D eigenvalue weighted by molar-refractivity contribution is 6.31. The summed E-state index contributed by atoms with van der Waals surface area (Å²) < 4.78 is 0. The summed E-state index contributed by atoms with van der Waals surface area (Å²) in [6.07, 6.45) is 3.03. The lowest BCUT2D eigenvalue weighted by molar-refractivity contribution is -0.133. The minimum Gasteiger partial charge on any atom is -0.357 e. The summed E-state index contributed by atoms with van der Waals surface area (Å²) in [5, 5.41) is 7.38. The zero-order valence-corrected chi connectivity index (χ0v) is 17.4. The van der Waals surface area contributed by atoms with Gasteiger partial charge in [0.1, 0.15) is 0 Å². The highest BCUT2D eigenvalue weighted by Crippen LogP contribution is 2.18. The van der Waals surface area contributed by atoms with Crippen LogP contribution < -0.4 is 10.6 Å². The number of likely N-dealkylation sites (N-methyl/N-ethyl adjacent to an activating group) is 1. The van der Waals surface area contributed by atoms with Gasteiger partial charge in [0.2, 0.25) is 5.91 Å². The maximum absolute atomic E-state index is 12.3. The van der Waals surface area contributed by atoms with E-state index in [0.717, 1.165) is 62.0 Å². The van der Waals surface area contributed by atoms with Crippen molar-refractivity contribution in [2.24, 2.45) is 4.99 Å². The number of aliphatic imine (C=N–C) groups is 1. The monoisotopic (exact) mass is 393 g/mol. The average molecular weight is 394 g/mol. The number of guanidine groups is 1. The Labute approximate surface area is 168 Å². The quantitative estimate of drug-likeness (QED) is 0.404. The number of hydrogen-bond donors (Lipinski definition) is 2. The first-order valence-corrected chi connectivity index (χ1v) is 10.1. The third-order valence-corrected chi connectivity index (χ3v) is 5.08. The van der Waals surface area contributed by atoms with Crippen LogP contribution in [0.1, 0.15) is 31.7 Å². The molecule has 0 aliphatic carbocycles. The molecule has 1 heterocycles. The second kappa shape index (κ2) is 11.1. The summed E-state index contributed by atoms with van der Waals surface area (Å²) in [6, 6.07) is 7.81. The molecule has 1 aliphatic rings. The van der Waals surface area contributed by atoms with Gasteiger partial charge in [-0.3, -0.25) is 9.69 Å². The van der Waals surface area contributed by atoms with E-state index in [0.29, 0.717) is 6.54 Å². The first kappa shape index (κ1) is 21.5. The predicted octanol–water partition coefficient (Wildman–Crippen LogP) is 2.34. The van der Waals surface area contributed by atoms with Gasteiger partial charge < -0.3 is 15.5 Å². The number of halogens is 1. The number of rotatable bonds is 8. The van der Waals surface area contributed by atoms with Crippen LogP contribution in [0.15, 0.2) is 29.3 Å². The Hall–Kier alpha value is -1.79.